The van der Waals surface area contributed by atoms with Crippen LogP contribution in [0.1, 0.15) is 32.6 Å². The average molecular weight is 572 g/mol. The third kappa shape index (κ3) is 4.95. The second-order valence-corrected chi connectivity index (χ2v) is 18.4. The van der Waals surface area contributed by atoms with E-state index in [0.717, 1.165) is 36.2 Å². The molecule has 2 unspecified atom stereocenters. The molecule has 3 aliphatic heterocycles. The minimum atomic E-state index is -4.13. The number of nitrogens with two attached hydrogens (primary N) is 1. The van der Waals surface area contributed by atoms with Gasteiger partial charge in [0.1, 0.15) is 12.2 Å². The Morgan fingerprint density at radius 3 is 2.29 bits per heavy atom. The maximum atomic E-state index is 13.4. The first-order chi connectivity index (χ1) is 17.4. The van der Waals surface area contributed by atoms with Crippen molar-refractivity contribution in [3.8, 4) is 0 Å². The van der Waals surface area contributed by atoms with Crippen molar-refractivity contribution in [1.82, 2.24) is 18.9 Å². The minimum absolute atomic E-state index is 0.0163. The predicted molar refractivity (Wildman–Crippen MR) is 146 cm³/mol. The van der Waals surface area contributed by atoms with Crippen LogP contribution in [0.4, 0.5) is 0 Å². The second kappa shape index (κ2) is 9.68. The molecule has 0 amide bonds. The standard InChI is InChI=1S/C24H41N5O7SSi/c1-16-13-29(22(31)27(6)20(16)30)21-19(35-38(7,8)23(2,3)4)24(17(25)15-37(32,33)36-24)18(34-21)14-28-11-9-26(5)10-12-28/h13,15,18-19,21H,9-12,14,25H2,1-8H3/t18?,19-,21+,24?/m0/s1. The van der Waals surface area contributed by atoms with Gasteiger partial charge in [-0.15, -0.1) is 0 Å². The van der Waals surface area contributed by atoms with Crippen molar-refractivity contribution in [3.63, 3.8) is 0 Å². The normalized spacial score (nSPS) is 30.7. The summed E-state index contributed by atoms with van der Waals surface area (Å²) in [5, 5.41) is 0.668. The Kier molecular flexibility index (Phi) is 7.43. The van der Waals surface area contributed by atoms with Gasteiger partial charge in [-0.25, -0.2) is 8.98 Å². The molecule has 0 saturated carbocycles. The lowest BCUT2D eigenvalue weighted by Crippen LogP contribution is -2.60. The van der Waals surface area contributed by atoms with Crippen molar-refractivity contribution in [2.75, 3.05) is 39.8 Å². The topological polar surface area (TPSA) is 138 Å². The van der Waals surface area contributed by atoms with Gasteiger partial charge in [-0.2, -0.15) is 8.42 Å². The van der Waals surface area contributed by atoms with E-state index in [-0.39, 0.29) is 10.7 Å². The van der Waals surface area contributed by atoms with Gasteiger partial charge in [-0.3, -0.25) is 18.8 Å². The largest absolute Gasteiger partial charge is 0.406 e. The summed E-state index contributed by atoms with van der Waals surface area (Å²) in [6.45, 7) is 15.4. The molecule has 4 atom stereocenters. The van der Waals surface area contributed by atoms with Crippen LogP contribution in [0.3, 0.4) is 0 Å². The van der Waals surface area contributed by atoms with E-state index in [9.17, 15) is 18.0 Å². The number of ether oxygens (including phenoxy) is 1. The van der Waals surface area contributed by atoms with Gasteiger partial charge >= 0.3 is 5.69 Å². The molecule has 1 aromatic rings. The van der Waals surface area contributed by atoms with Crippen LogP contribution in [0.25, 0.3) is 0 Å². The van der Waals surface area contributed by atoms with E-state index in [1.54, 1.807) is 6.92 Å². The monoisotopic (exact) mass is 571 g/mol. The summed E-state index contributed by atoms with van der Waals surface area (Å²) in [5.74, 6) is 0. The van der Waals surface area contributed by atoms with Gasteiger partial charge in [0, 0.05) is 51.5 Å². The molecule has 1 aromatic heterocycles. The highest BCUT2D eigenvalue weighted by Crippen LogP contribution is 2.51. The smallest absolute Gasteiger partial charge is 0.332 e. The van der Waals surface area contributed by atoms with Crippen molar-refractivity contribution in [3.05, 3.63) is 43.7 Å². The summed E-state index contributed by atoms with van der Waals surface area (Å²) in [7, 11) is -3.29. The molecule has 0 aliphatic carbocycles. The second-order valence-electron chi connectivity index (χ2n) is 12.2. The summed E-state index contributed by atoms with van der Waals surface area (Å²) < 4.78 is 47.3. The number of aromatic nitrogens is 2. The molecule has 12 nitrogen and oxygen atoms in total. The molecule has 0 bridgehead atoms. The molecule has 4 rings (SSSR count). The number of piperazine rings is 1. The van der Waals surface area contributed by atoms with Crippen LogP contribution >= 0.6 is 0 Å². The predicted octanol–water partition coefficient (Wildman–Crippen LogP) is 0.290. The van der Waals surface area contributed by atoms with E-state index in [2.05, 4.69) is 30.6 Å². The molecule has 2 N–H and O–H groups in total. The van der Waals surface area contributed by atoms with Gasteiger partial charge in [0.25, 0.3) is 15.7 Å². The van der Waals surface area contributed by atoms with Crippen LogP contribution in [-0.4, -0.2) is 93.2 Å². The number of rotatable bonds is 5. The van der Waals surface area contributed by atoms with Gasteiger partial charge in [0.15, 0.2) is 20.1 Å². The summed E-state index contributed by atoms with van der Waals surface area (Å²) in [4.78, 5) is 30.2. The van der Waals surface area contributed by atoms with Gasteiger partial charge in [0.05, 0.1) is 11.1 Å². The average Bonchev–Trinajstić information content (AvgIpc) is 3.22. The summed E-state index contributed by atoms with van der Waals surface area (Å²) in [6.07, 6.45) is -1.57. The highest BCUT2D eigenvalue weighted by atomic mass is 32.2. The number of nitrogens with zero attached hydrogens (tertiary/aromatic N) is 4. The van der Waals surface area contributed by atoms with E-state index < -0.39 is 53.7 Å². The SMILES string of the molecule is Cc1cn([C@@H]2OC(CN3CCN(C)CC3)C3(OS(=O)(=O)C=C3N)[C@H]2O[Si](C)(C)C(C)(C)C)c(=O)n(C)c1=O. The summed E-state index contributed by atoms with van der Waals surface area (Å²) >= 11 is 0. The van der Waals surface area contributed by atoms with Crippen LogP contribution in [-0.2, 0) is 30.5 Å². The Labute approximate surface area is 225 Å². The van der Waals surface area contributed by atoms with Crippen molar-refractivity contribution >= 4 is 18.4 Å². The Morgan fingerprint density at radius 2 is 1.76 bits per heavy atom. The fraction of sp³-hybridized carbons (Fsp3) is 0.750. The zero-order valence-corrected chi connectivity index (χ0v) is 25.4. The van der Waals surface area contributed by atoms with E-state index in [1.807, 2.05) is 20.1 Å². The molecular weight excluding hydrogens is 530 g/mol. The van der Waals surface area contributed by atoms with Crippen LogP contribution in [0.2, 0.25) is 18.1 Å². The zero-order chi connectivity index (χ0) is 28.4. The first-order valence-electron chi connectivity index (χ1n) is 12.9. The van der Waals surface area contributed by atoms with Crippen LogP contribution in [0.5, 0.6) is 0 Å². The third-order valence-corrected chi connectivity index (χ3v) is 14.0. The highest BCUT2D eigenvalue weighted by molar-refractivity contribution is 7.90. The van der Waals surface area contributed by atoms with Gasteiger partial charge in [0.2, 0.25) is 0 Å². The maximum Gasteiger partial charge on any atom is 0.332 e. The van der Waals surface area contributed by atoms with E-state index in [1.165, 1.54) is 17.8 Å². The van der Waals surface area contributed by atoms with Crippen molar-refractivity contribution in [1.29, 1.82) is 0 Å². The van der Waals surface area contributed by atoms with E-state index in [4.69, 9.17) is 19.1 Å². The number of likely N-dealkylation sites (N-methyl/N-ethyl adjacent to an activating group) is 1. The number of hydrogen-bond donors (Lipinski definition) is 1. The third-order valence-electron chi connectivity index (χ3n) is 8.44. The lowest BCUT2D eigenvalue weighted by molar-refractivity contribution is -0.0539. The number of hydrogen-bond acceptors (Lipinski definition) is 10. The van der Waals surface area contributed by atoms with E-state index in [0.29, 0.717) is 12.1 Å². The molecule has 14 heteroatoms. The Bertz CT molecular complexity index is 1340. The molecule has 2 saturated heterocycles. The van der Waals surface area contributed by atoms with E-state index >= 15 is 0 Å². The van der Waals surface area contributed by atoms with Crippen LogP contribution in [0, 0.1) is 6.92 Å². The van der Waals surface area contributed by atoms with Gasteiger partial charge in [-0.05, 0) is 32.1 Å². The molecule has 3 aliphatic rings. The Hall–Kier alpha value is -1.81. The molecule has 214 valence electrons. The Morgan fingerprint density at radius 1 is 1.16 bits per heavy atom. The fourth-order valence-electron chi connectivity index (χ4n) is 5.02. The number of aryl methyl sites for hydroxylation is 1. The molecule has 1 spiro atoms. The summed E-state index contributed by atoms with van der Waals surface area (Å²) in [6, 6.07) is 0. The van der Waals surface area contributed by atoms with Crippen molar-refractivity contribution in [2.24, 2.45) is 12.8 Å². The minimum Gasteiger partial charge on any atom is -0.406 e. The first kappa shape index (κ1) is 29.2. The lowest BCUT2D eigenvalue weighted by Gasteiger charge is -2.44. The van der Waals surface area contributed by atoms with Crippen molar-refractivity contribution < 1.29 is 21.8 Å². The molecule has 38 heavy (non-hydrogen) atoms. The lowest BCUT2D eigenvalue weighted by atomic mass is 9.88. The van der Waals surface area contributed by atoms with Crippen LogP contribution in [0.15, 0.2) is 26.9 Å². The Balaban J connectivity index is 1.89. The molecule has 4 heterocycles. The maximum absolute atomic E-state index is 13.4. The highest BCUT2D eigenvalue weighted by Gasteiger charge is 2.67. The van der Waals surface area contributed by atoms with Crippen molar-refractivity contribution in [2.45, 2.75) is 69.9 Å². The van der Waals surface area contributed by atoms with Gasteiger partial charge in [-0.1, -0.05) is 20.8 Å². The van der Waals surface area contributed by atoms with Gasteiger partial charge < -0.3 is 19.8 Å². The molecular formula is C24H41N5O7SSi. The zero-order valence-electron chi connectivity index (χ0n) is 23.6. The quantitative estimate of drug-likeness (QED) is 0.388. The first-order valence-corrected chi connectivity index (χ1v) is 17.2. The molecule has 2 fully saturated rings. The fourth-order valence-corrected chi connectivity index (χ4v) is 7.53. The summed E-state index contributed by atoms with van der Waals surface area (Å²) in [5.41, 5.74) is 4.11. The molecule has 0 radical (unpaired) electrons. The molecule has 0 aromatic carbocycles. The van der Waals surface area contributed by atoms with Crippen LogP contribution < -0.4 is 17.0 Å².